The molecule has 0 aliphatic heterocycles. The summed E-state index contributed by atoms with van der Waals surface area (Å²) in [7, 11) is 1.60. The molecule has 6 heteroatoms. The standard InChI is InChI=1S/C15H21FN2O3/c1-12(19)18(9-5-11-21-2)10-8-15(20)17-14-7-4-3-6-13(14)16/h3-4,6-7H,5,8-11H2,1-2H3,(H,17,20). The average Bonchev–Trinajstić information content (AvgIpc) is 2.44. The van der Waals surface area contributed by atoms with Gasteiger partial charge in [-0.15, -0.1) is 0 Å². The van der Waals surface area contributed by atoms with E-state index in [-0.39, 0.29) is 23.9 Å². The van der Waals surface area contributed by atoms with Crippen molar-refractivity contribution in [3.05, 3.63) is 30.1 Å². The van der Waals surface area contributed by atoms with E-state index >= 15 is 0 Å². The van der Waals surface area contributed by atoms with Crippen LogP contribution in [0.2, 0.25) is 0 Å². The van der Waals surface area contributed by atoms with Crippen molar-refractivity contribution in [2.75, 3.05) is 32.1 Å². The van der Waals surface area contributed by atoms with Gasteiger partial charge in [0.1, 0.15) is 5.82 Å². The summed E-state index contributed by atoms with van der Waals surface area (Å²) in [4.78, 5) is 24.8. The number of methoxy groups -OCH3 is 1. The van der Waals surface area contributed by atoms with Crippen LogP contribution in [0.15, 0.2) is 24.3 Å². The van der Waals surface area contributed by atoms with Gasteiger partial charge in [0, 0.05) is 40.2 Å². The van der Waals surface area contributed by atoms with Gasteiger partial charge >= 0.3 is 0 Å². The summed E-state index contributed by atoms with van der Waals surface area (Å²) in [5.41, 5.74) is 0.149. The van der Waals surface area contributed by atoms with E-state index in [1.807, 2.05) is 0 Å². The van der Waals surface area contributed by atoms with E-state index < -0.39 is 5.82 Å². The van der Waals surface area contributed by atoms with Crippen molar-refractivity contribution in [1.29, 1.82) is 0 Å². The van der Waals surface area contributed by atoms with Gasteiger partial charge in [-0.05, 0) is 18.6 Å². The summed E-state index contributed by atoms with van der Waals surface area (Å²) < 4.78 is 18.3. The Morgan fingerprint density at radius 1 is 1.29 bits per heavy atom. The van der Waals surface area contributed by atoms with Crippen LogP contribution in [0.25, 0.3) is 0 Å². The molecular weight excluding hydrogens is 275 g/mol. The van der Waals surface area contributed by atoms with E-state index in [0.717, 1.165) is 0 Å². The topological polar surface area (TPSA) is 58.6 Å². The van der Waals surface area contributed by atoms with Gasteiger partial charge in [0.2, 0.25) is 11.8 Å². The molecule has 0 unspecified atom stereocenters. The molecule has 1 rings (SSSR count). The number of nitrogens with one attached hydrogen (secondary N) is 1. The van der Waals surface area contributed by atoms with Crippen molar-refractivity contribution < 1.29 is 18.7 Å². The smallest absolute Gasteiger partial charge is 0.226 e. The minimum Gasteiger partial charge on any atom is -0.385 e. The maximum Gasteiger partial charge on any atom is 0.226 e. The number of para-hydroxylation sites is 1. The number of rotatable bonds is 8. The zero-order chi connectivity index (χ0) is 15.7. The first-order valence-electron chi connectivity index (χ1n) is 6.83. The van der Waals surface area contributed by atoms with Crippen LogP contribution >= 0.6 is 0 Å². The van der Waals surface area contributed by atoms with Crippen LogP contribution in [0.5, 0.6) is 0 Å². The molecule has 0 aromatic heterocycles. The predicted molar refractivity (Wildman–Crippen MR) is 78.4 cm³/mol. The Kier molecular flexibility index (Phi) is 7.39. The van der Waals surface area contributed by atoms with E-state index in [9.17, 15) is 14.0 Å². The molecule has 116 valence electrons. The minimum absolute atomic E-state index is 0.0928. The number of halogens is 1. The molecule has 0 saturated heterocycles. The molecule has 1 N–H and O–H groups in total. The molecule has 0 atom stereocenters. The quantitative estimate of drug-likeness (QED) is 0.747. The SMILES string of the molecule is COCCCN(CCC(=O)Nc1ccccc1F)C(C)=O. The molecule has 0 radical (unpaired) electrons. The molecule has 0 saturated carbocycles. The summed E-state index contributed by atoms with van der Waals surface area (Å²) in [6.45, 7) is 2.86. The van der Waals surface area contributed by atoms with Crippen molar-refractivity contribution in [1.82, 2.24) is 4.90 Å². The molecule has 1 aromatic carbocycles. The highest BCUT2D eigenvalue weighted by Crippen LogP contribution is 2.12. The summed E-state index contributed by atoms with van der Waals surface area (Å²) >= 11 is 0. The molecule has 1 aromatic rings. The fourth-order valence-electron chi connectivity index (χ4n) is 1.84. The van der Waals surface area contributed by atoms with Crippen LogP contribution in [0.3, 0.4) is 0 Å². The maximum atomic E-state index is 13.4. The summed E-state index contributed by atoms with van der Waals surface area (Å²) in [5.74, 6) is -0.891. The highest BCUT2D eigenvalue weighted by atomic mass is 19.1. The second-order valence-corrected chi connectivity index (χ2v) is 4.63. The Morgan fingerprint density at radius 3 is 2.62 bits per heavy atom. The second-order valence-electron chi connectivity index (χ2n) is 4.63. The molecular formula is C15H21FN2O3. The second kappa shape index (κ2) is 9.07. The lowest BCUT2D eigenvalue weighted by atomic mass is 10.2. The first-order chi connectivity index (χ1) is 10.0. The van der Waals surface area contributed by atoms with Crippen molar-refractivity contribution >= 4 is 17.5 Å². The Hall–Kier alpha value is -1.95. The third kappa shape index (κ3) is 6.35. The lowest BCUT2D eigenvalue weighted by Gasteiger charge is -2.20. The Labute approximate surface area is 124 Å². The van der Waals surface area contributed by atoms with Crippen LogP contribution in [0, 0.1) is 5.82 Å². The number of amides is 2. The van der Waals surface area contributed by atoms with Gasteiger partial charge in [-0.3, -0.25) is 9.59 Å². The number of carbonyl (C=O) groups is 2. The van der Waals surface area contributed by atoms with Crippen LogP contribution in [-0.4, -0.2) is 43.5 Å². The molecule has 0 aliphatic carbocycles. The van der Waals surface area contributed by atoms with Crippen LogP contribution < -0.4 is 5.32 Å². The fourth-order valence-corrected chi connectivity index (χ4v) is 1.84. The number of carbonyl (C=O) groups excluding carboxylic acids is 2. The monoisotopic (exact) mass is 296 g/mol. The molecule has 0 spiro atoms. The Balaban J connectivity index is 2.42. The van der Waals surface area contributed by atoms with E-state index in [4.69, 9.17) is 4.74 Å². The highest BCUT2D eigenvalue weighted by Gasteiger charge is 2.12. The van der Waals surface area contributed by atoms with Gasteiger partial charge in [-0.2, -0.15) is 0 Å². The third-order valence-electron chi connectivity index (χ3n) is 2.98. The molecule has 21 heavy (non-hydrogen) atoms. The first kappa shape index (κ1) is 17.1. The molecule has 0 fully saturated rings. The van der Waals surface area contributed by atoms with Crippen LogP contribution in [-0.2, 0) is 14.3 Å². The normalized spacial score (nSPS) is 10.2. The Bertz CT molecular complexity index is 480. The average molecular weight is 296 g/mol. The number of benzene rings is 1. The van der Waals surface area contributed by atoms with E-state index in [0.29, 0.717) is 26.1 Å². The number of anilines is 1. The number of hydrogen-bond donors (Lipinski definition) is 1. The third-order valence-corrected chi connectivity index (χ3v) is 2.98. The van der Waals surface area contributed by atoms with Crippen molar-refractivity contribution in [2.45, 2.75) is 19.8 Å². The van der Waals surface area contributed by atoms with Crippen molar-refractivity contribution in [2.24, 2.45) is 0 Å². The first-order valence-corrected chi connectivity index (χ1v) is 6.83. The van der Waals surface area contributed by atoms with Gasteiger partial charge in [0.05, 0.1) is 5.69 Å². The number of ether oxygens (including phenoxy) is 1. The van der Waals surface area contributed by atoms with Gasteiger partial charge in [-0.1, -0.05) is 12.1 Å². The summed E-state index contributed by atoms with van der Waals surface area (Å²) in [6, 6.07) is 5.97. The molecule has 5 nitrogen and oxygen atoms in total. The van der Waals surface area contributed by atoms with E-state index in [1.54, 1.807) is 24.1 Å². The van der Waals surface area contributed by atoms with E-state index in [2.05, 4.69) is 5.32 Å². The zero-order valence-corrected chi connectivity index (χ0v) is 12.4. The van der Waals surface area contributed by atoms with Gasteiger partial charge in [-0.25, -0.2) is 4.39 Å². The van der Waals surface area contributed by atoms with E-state index in [1.165, 1.54) is 19.1 Å². The lowest BCUT2D eigenvalue weighted by Crippen LogP contribution is -2.33. The molecule has 0 aliphatic rings. The van der Waals surface area contributed by atoms with Crippen LogP contribution in [0.1, 0.15) is 19.8 Å². The zero-order valence-electron chi connectivity index (χ0n) is 12.4. The number of hydrogen-bond acceptors (Lipinski definition) is 3. The van der Waals surface area contributed by atoms with Gasteiger partial charge in [0.25, 0.3) is 0 Å². The molecule has 2 amide bonds. The minimum atomic E-state index is -0.477. The van der Waals surface area contributed by atoms with Gasteiger partial charge in [0.15, 0.2) is 0 Å². The van der Waals surface area contributed by atoms with Crippen LogP contribution in [0.4, 0.5) is 10.1 Å². The predicted octanol–water partition coefficient (Wildman–Crippen LogP) is 2.04. The lowest BCUT2D eigenvalue weighted by molar-refractivity contribution is -0.129. The summed E-state index contributed by atoms with van der Waals surface area (Å²) in [5, 5.41) is 2.50. The van der Waals surface area contributed by atoms with Gasteiger partial charge < -0.3 is 15.0 Å². The molecule has 0 heterocycles. The summed E-state index contributed by atoms with van der Waals surface area (Å²) in [6.07, 6.45) is 0.839. The fraction of sp³-hybridized carbons (Fsp3) is 0.467. The largest absolute Gasteiger partial charge is 0.385 e. The highest BCUT2D eigenvalue weighted by molar-refractivity contribution is 5.91. The number of nitrogens with zero attached hydrogens (tertiary/aromatic N) is 1. The molecule has 0 bridgehead atoms. The maximum absolute atomic E-state index is 13.4. The Morgan fingerprint density at radius 2 is 2.00 bits per heavy atom. The van der Waals surface area contributed by atoms with Crippen molar-refractivity contribution in [3.8, 4) is 0 Å². The van der Waals surface area contributed by atoms with Crippen molar-refractivity contribution in [3.63, 3.8) is 0 Å².